The maximum atomic E-state index is 11.1. The van der Waals surface area contributed by atoms with E-state index >= 15 is 0 Å². The van der Waals surface area contributed by atoms with E-state index in [1.807, 2.05) is 6.07 Å². The minimum atomic E-state index is -0.325. The maximum absolute atomic E-state index is 11.1. The molecule has 6 nitrogen and oxygen atoms in total. The molecule has 2 aromatic rings. The number of benzene rings is 1. The standard InChI is InChI=1S/C22H27Cl2N3O3/c1-14(28)7-10-30-13-15-3-2-8-27(15)20-11-19(26-9-6-16(29)12-26)17-4-5-18(23)21(24)22(17)25-20/h4-5,11,15-16,29H,2-3,6-10,12-13H2,1H3/t15-,16+/m0/s1. The Kier molecular flexibility index (Phi) is 6.68. The number of carbonyl (C=O) groups excluding carboxylic acids is 1. The van der Waals surface area contributed by atoms with E-state index in [1.165, 1.54) is 0 Å². The van der Waals surface area contributed by atoms with Gasteiger partial charge in [-0.15, -0.1) is 0 Å². The summed E-state index contributed by atoms with van der Waals surface area (Å²) in [6.45, 7) is 4.86. The second-order valence-electron chi connectivity index (χ2n) is 8.16. The average Bonchev–Trinajstić information content (AvgIpc) is 3.36. The third kappa shape index (κ3) is 4.52. The van der Waals surface area contributed by atoms with Crippen LogP contribution in [0.4, 0.5) is 11.5 Å². The summed E-state index contributed by atoms with van der Waals surface area (Å²) in [7, 11) is 0. The van der Waals surface area contributed by atoms with Crippen LogP contribution in [0.25, 0.3) is 10.9 Å². The highest BCUT2D eigenvalue weighted by Crippen LogP contribution is 2.39. The van der Waals surface area contributed by atoms with Crippen molar-refractivity contribution in [1.29, 1.82) is 0 Å². The summed E-state index contributed by atoms with van der Waals surface area (Å²) in [6.07, 6.45) is 2.93. The van der Waals surface area contributed by atoms with Gasteiger partial charge in [0.15, 0.2) is 0 Å². The van der Waals surface area contributed by atoms with Crippen molar-refractivity contribution in [2.75, 3.05) is 42.6 Å². The number of aliphatic hydroxyl groups excluding tert-OH is 1. The van der Waals surface area contributed by atoms with E-state index in [2.05, 4.69) is 15.9 Å². The van der Waals surface area contributed by atoms with Gasteiger partial charge in [-0.05, 0) is 38.3 Å². The number of fused-ring (bicyclic) bond motifs is 1. The zero-order valence-corrected chi connectivity index (χ0v) is 18.6. The Labute approximate surface area is 186 Å². The molecule has 162 valence electrons. The fraction of sp³-hybridized carbons (Fsp3) is 0.545. The Morgan fingerprint density at radius 3 is 2.87 bits per heavy atom. The largest absolute Gasteiger partial charge is 0.391 e. The lowest BCUT2D eigenvalue weighted by Crippen LogP contribution is -2.34. The lowest BCUT2D eigenvalue weighted by atomic mass is 10.1. The van der Waals surface area contributed by atoms with E-state index in [-0.39, 0.29) is 17.9 Å². The number of β-amino-alcohol motifs (C(OH)–C–C–N with tert-alkyl or cyclic N) is 1. The summed E-state index contributed by atoms with van der Waals surface area (Å²) in [4.78, 5) is 20.5. The molecule has 1 aromatic heterocycles. The second kappa shape index (κ2) is 9.27. The quantitative estimate of drug-likeness (QED) is 0.639. The van der Waals surface area contributed by atoms with Crippen molar-refractivity contribution in [2.24, 2.45) is 0 Å². The normalized spacial score (nSPS) is 21.7. The van der Waals surface area contributed by atoms with Crippen LogP contribution in [0.5, 0.6) is 0 Å². The zero-order chi connectivity index (χ0) is 21.3. The SMILES string of the molecule is CC(=O)CCOC[C@@H]1CCCN1c1cc(N2CC[C@@H](O)C2)c2ccc(Cl)c(Cl)c2n1. The van der Waals surface area contributed by atoms with Crippen LogP contribution in [-0.4, -0.2) is 60.9 Å². The van der Waals surface area contributed by atoms with E-state index in [9.17, 15) is 9.90 Å². The topological polar surface area (TPSA) is 65.9 Å². The van der Waals surface area contributed by atoms with E-state index in [1.54, 1.807) is 13.0 Å². The summed E-state index contributed by atoms with van der Waals surface area (Å²) in [5.74, 6) is 0.985. The monoisotopic (exact) mass is 451 g/mol. The van der Waals surface area contributed by atoms with Crippen LogP contribution in [-0.2, 0) is 9.53 Å². The molecule has 0 saturated carbocycles. The van der Waals surface area contributed by atoms with Crippen molar-refractivity contribution in [1.82, 2.24) is 4.98 Å². The smallest absolute Gasteiger partial charge is 0.132 e. The Morgan fingerprint density at radius 1 is 1.30 bits per heavy atom. The Hall–Kier alpha value is -1.60. The van der Waals surface area contributed by atoms with Crippen LogP contribution < -0.4 is 9.80 Å². The van der Waals surface area contributed by atoms with Crippen molar-refractivity contribution in [3.8, 4) is 0 Å². The molecule has 4 rings (SSSR count). The number of halogens is 2. The molecule has 2 aliphatic heterocycles. The molecule has 2 atom stereocenters. The molecule has 1 N–H and O–H groups in total. The Balaban J connectivity index is 1.66. The molecular weight excluding hydrogens is 425 g/mol. The van der Waals surface area contributed by atoms with Gasteiger partial charge in [-0.1, -0.05) is 23.2 Å². The van der Waals surface area contributed by atoms with Gasteiger partial charge < -0.3 is 19.6 Å². The van der Waals surface area contributed by atoms with Crippen molar-refractivity contribution in [2.45, 2.75) is 44.8 Å². The number of ether oxygens (including phenoxy) is 1. The van der Waals surface area contributed by atoms with Gasteiger partial charge in [-0.25, -0.2) is 4.98 Å². The number of aliphatic hydroxyl groups is 1. The van der Waals surface area contributed by atoms with Gasteiger partial charge in [0, 0.05) is 43.2 Å². The molecular formula is C22H27Cl2N3O3. The molecule has 0 radical (unpaired) electrons. The summed E-state index contributed by atoms with van der Waals surface area (Å²) < 4.78 is 5.77. The van der Waals surface area contributed by atoms with Crippen LogP contribution in [0.3, 0.4) is 0 Å². The molecule has 0 unspecified atom stereocenters. The van der Waals surface area contributed by atoms with E-state index in [0.29, 0.717) is 41.7 Å². The summed E-state index contributed by atoms with van der Waals surface area (Å²) in [5.41, 5.74) is 1.70. The second-order valence-corrected chi connectivity index (χ2v) is 8.95. The number of hydrogen-bond donors (Lipinski definition) is 1. The number of nitrogens with zero attached hydrogens (tertiary/aromatic N) is 3. The predicted octanol–water partition coefficient (Wildman–Crippen LogP) is 4.08. The number of rotatable bonds is 7. The van der Waals surface area contributed by atoms with E-state index in [0.717, 1.165) is 49.2 Å². The molecule has 0 bridgehead atoms. The number of Topliss-reactive ketones (excluding diaryl/α,β-unsaturated/α-hetero) is 1. The highest BCUT2D eigenvalue weighted by molar-refractivity contribution is 6.45. The van der Waals surface area contributed by atoms with Crippen LogP contribution >= 0.6 is 23.2 Å². The fourth-order valence-corrected chi connectivity index (χ4v) is 4.68. The van der Waals surface area contributed by atoms with Crippen molar-refractivity contribution in [3.05, 3.63) is 28.2 Å². The molecule has 0 aliphatic carbocycles. The average molecular weight is 452 g/mol. The highest BCUT2D eigenvalue weighted by atomic mass is 35.5. The summed E-state index contributed by atoms with van der Waals surface area (Å²) in [5, 5.41) is 11.9. The van der Waals surface area contributed by atoms with Crippen LogP contribution in [0, 0.1) is 0 Å². The van der Waals surface area contributed by atoms with E-state index < -0.39 is 0 Å². The summed E-state index contributed by atoms with van der Waals surface area (Å²) in [6, 6.07) is 6.05. The molecule has 3 heterocycles. The minimum absolute atomic E-state index is 0.137. The Morgan fingerprint density at radius 2 is 2.13 bits per heavy atom. The zero-order valence-electron chi connectivity index (χ0n) is 17.1. The first kappa shape index (κ1) is 21.6. The highest BCUT2D eigenvalue weighted by Gasteiger charge is 2.29. The molecule has 0 amide bonds. The molecule has 8 heteroatoms. The van der Waals surface area contributed by atoms with Gasteiger partial charge in [0.2, 0.25) is 0 Å². The lowest BCUT2D eigenvalue weighted by molar-refractivity contribution is -0.118. The predicted molar refractivity (Wildman–Crippen MR) is 121 cm³/mol. The molecule has 2 saturated heterocycles. The number of anilines is 2. The molecule has 2 aliphatic rings. The van der Waals surface area contributed by atoms with Gasteiger partial charge in [0.1, 0.15) is 11.6 Å². The first-order valence-corrected chi connectivity index (χ1v) is 11.2. The van der Waals surface area contributed by atoms with Crippen LogP contribution in [0.2, 0.25) is 10.0 Å². The number of pyridine rings is 1. The first-order valence-electron chi connectivity index (χ1n) is 10.5. The molecule has 1 aromatic carbocycles. The van der Waals surface area contributed by atoms with Gasteiger partial charge in [0.05, 0.1) is 40.9 Å². The van der Waals surface area contributed by atoms with Crippen LogP contribution in [0.1, 0.15) is 32.6 Å². The number of hydrogen-bond acceptors (Lipinski definition) is 6. The number of carbonyl (C=O) groups is 1. The van der Waals surface area contributed by atoms with Gasteiger partial charge in [-0.3, -0.25) is 4.79 Å². The van der Waals surface area contributed by atoms with Gasteiger partial charge >= 0.3 is 0 Å². The molecule has 30 heavy (non-hydrogen) atoms. The first-order chi connectivity index (χ1) is 14.4. The van der Waals surface area contributed by atoms with Crippen molar-refractivity contribution < 1.29 is 14.6 Å². The third-order valence-corrected chi connectivity index (χ3v) is 6.72. The number of aromatic nitrogens is 1. The summed E-state index contributed by atoms with van der Waals surface area (Å²) >= 11 is 12.8. The van der Waals surface area contributed by atoms with Gasteiger partial charge in [0.25, 0.3) is 0 Å². The Bertz CT molecular complexity index is 939. The molecule has 2 fully saturated rings. The van der Waals surface area contributed by atoms with Crippen molar-refractivity contribution >= 4 is 51.4 Å². The van der Waals surface area contributed by atoms with Gasteiger partial charge in [-0.2, -0.15) is 0 Å². The van der Waals surface area contributed by atoms with Crippen LogP contribution in [0.15, 0.2) is 18.2 Å². The minimum Gasteiger partial charge on any atom is -0.391 e. The maximum Gasteiger partial charge on any atom is 0.132 e. The molecule has 0 spiro atoms. The fourth-order valence-electron chi connectivity index (χ4n) is 4.32. The van der Waals surface area contributed by atoms with E-state index in [4.69, 9.17) is 32.9 Å². The third-order valence-electron chi connectivity index (χ3n) is 5.92. The number of ketones is 1. The lowest BCUT2D eigenvalue weighted by Gasteiger charge is -2.28. The van der Waals surface area contributed by atoms with Crippen molar-refractivity contribution in [3.63, 3.8) is 0 Å².